The second kappa shape index (κ2) is 6.88. The van der Waals surface area contributed by atoms with Crippen LogP contribution in [0.5, 0.6) is 0 Å². The zero-order chi connectivity index (χ0) is 17.2. The summed E-state index contributed by atoms with van der Waals surface area (Å²) in [6.07, 6.45) is 3.25. The molecule has 1 aromatic heterocycles. The van der Waals surface area contributed by atoms with Crippen LogP contribution in [0.4, 0.5) is 0 Å². The van der Waals surface area contributed by atoms with E-state index in [-0.39, 0.29) is 17.9 Å². The summed E-state index contributed by atoms with van der Waals surface area (Å²) < 4.78 is 0. The Hall–Kier alpha value is -2.34. The van der Waals surface area contributed by atoms with Gasteiger partial charge in [0.15, 0.2) is 0 Å². The number of aromatic nitrogens is 1. The molecule has 6 heteroatoms. The van der Waals surface area contributed by atoms with Gasteiger partial charge in [-0.15, -0.1) is 0 Å². The third kappa shape index (κ3) is 3.39. The predicted octanol–water partition coefficient (Wildman–Crippen LogP) is 2.68. The monoisotopic (exact) mass is 353 g/mol. The van der Waals surface area contributed by atoms with Crippen LogP contribution in [-0.4, -0.2) is 52.3 Å². The van der Waals surface area contributed by atoms with E-state index in [9.17, 15) is 9.59 Å². The first kappa shape index (κ1) is 16.1. The van der Waals surface area contributed by atoms with Crippen molar-refractivity contribution in [2.75, 3.05) is 19.6 Å². The second-order valence-corrected chi connectivity index (χ2v) is 7.42. The molecule has 2 aliphatic heterocycles. The van der Waals surface area contributed by atoms with Crippen molar-refractivity contribution in [2.24, 2.45) is 0 Å². The molecule has 2 amide bonds. The van der Waals surface area contributed by atoms with Crippen LogP contribution in [0.1, 0.15) is 23.2 Å². The van der Waals surface area contributed by atoms with Crippen molar-refractivity contribution in [3.05, 3.63) is 54.2 Å². The molecule has 0 radical (unpaired) electrons. The highest BCUT2D eigenvalue weighted by Gasteiger charge is 2.36. The van der Waals surface area contributed by atoms with Crippen molar-refractivity contribution >= 4 is 23.6 Å². The quantitative estimate of drug-likeness (QED) is 0.851. The third-order valence-electron chi connectivity index (χ3n) is 4.74. The number of hydrogen-bond donors (Lipinski definition) is 0. The summed E-state index contributed by atoms with van der Waals surface area (Å²) in [7, 11) is 0. The van der Waals surface area contributed by atoms with E-state index in [1.807, 2.05) is 52.3 Å². The molecule has 2 aliphatic rings. The Morgan fingerprint density at radius 2 is 1.96 bits per heavy atom. The number of pyridine rings is 1. The van der Waals surface area contributed by atoms with Gasteiger partial charge in [0.25, 0.3) is 5.91 Å². The number of nitrogens with zero attached hydrogens (tertiary/aromatic N) is 3. The highest BCUT2D eigenvalue weighted by molar-refractivity contribution is 7.99. The zero-order valence-corrected chi connectivity index (χ0v) is 14.6. The van der Waals surface area contributed by atoms with Crippen LogP contribution in [0.25, 0.3) is 0 Å². The standard InChI is InChI=1S/C19H19N3O2S/c23-18-9-6-15-13-21(11-12-22(15)18)19(24)14-4-7-16(8-5-14)25-17-3-1-2-10-20-17/h1-5,7-8,10,15H,6,9,11-13H2. The number of fused-ring (bicyclic) bond motifs is 1. The SMILES string of the molecule is O=C(c1ccc(Sc2ccccn2)cc1)N1CCN2C(=O)CCC2C1. The Balaban J connectivity index is 1.41. The number of carbonyl (C=O) groups is 2. The van der Waals surface area contributed by atoms with Gasteiger partial charge >= 0.3 is 0 Å². The van der Waals surface area contributed by atoms with Crippen molar-refractivity contribution in [1.82, 2.24) is 14.8 Å². The molecule has 0 bridgehead atoms. The molecular weight excluding hydrogens is 334 g/mol. The highest BCUT2D eigenvalue weighted by atomic mass is 32.2. The summed E-state index contributed by atoms with van der Waals surface area (Å²) in [5.74, 6) is 0.279. The maximum absolute atomic E-state index is 12.7. The van der Waals surface area contributed by atoms with Gasteiger partial charge in [0, 0.05) is 48.8 Å². The van der Waals surface area contributed by atoms with Gasteiger partial charge in [-0.2, -0.15) is 0 Å². The van der Waals surface area contributed by atoms with Gasteiger partial charge < -0.3 is 9.80 Å². The summed E-state index contributed by atoms with van der Waals surface area (Å²) in [5, 5.41) is 0.934. The molecule has 5 nitrogen and oxygen atoms in total. The average molecular weight is 353 g/mol. The molecule has 0 saturated carbocycles. The lowest BCUT2D eigenvalue weighted by Gasteiger charge is -2.37. The van der Waals surface area contributed by atoms with Gasteiger partial charge in [-0.05, 0) is 42.8 Å². The van der Waals surface area contributed by atoms with E-state index >= 15 is 0 Å². The van der Waals surface area contributed by atoms with Gasteiger partial charge in [0.2, 0.25) is 5.91 Å². The number of amides is 2. The average Bonchev–Trinajstić information content (AvgIpc) is 3.03. The molecule has 4 rings (SSSR count). The minimum atomic E-state index is 0.0494. The van der Waals surface area contributed by atoms with E-state index in [2.05, 4.69) is 4.98 Å². The molecular formula is C19H19N3O2S. The molecule has 1 unspecified atom stereocenters. The molecule has 1 atom stereocenters. The van der Waals surface area contributed by atoms with Gasteiger partial charge in [0.05, 0.1) is 0 Å². The second-order valence-electron chi connectivity index (χ2n) is 6.33. The Bertz CT molecular complexity index is 779. The van der Waals surface area contributed by atoms with Crippen molar-refractivity contribution in [2.45, 2.75) is 28.8 Å². The molecule has 0 aliphatic carbocycles. The minimum absolute atomic E-state index is 0.0494. The fourth-order valence-corrected chi connectivity index (χ4v) is 4.20. The predicted molar refractivity (Wildman–Crippen MR) is 95.4 cm³/mol. The van der Waals surface area contributed by atoms with E-state index in [1.165, 1.54) is 0 Å². The smallest absolute Gasteiger partial charge is 0.253 e. The Morgan fingerprint density at radius 1 is 1.12 bits per heavy atom. The third-order valence-corrected chi connectivity index (χ3v) is 5.70. The first-order valence-electron chi connectivity index (χ1n) is 8.48. The lowest BCUT2D eigenvalue weighted by Crippen LogP contribution is -2.53. The van der Waals surface area contributed by atoms with Crippen molar-refractivity contribution in [1.29, 1.82) is 0 Å². The minimum Gasteiger partial charge on any atom is -0.336 e. The first-order chi connectivity index (χ1) is 12.2. The molecule has 25 heavy (non-hydrogen) atoms. The van der Waals surface area contributed by atoms with Crippen LogP contribution in [0.2, 0.25) is 0 Å². The van der Waals surface area contributed by atoms with E-state index in [0.717, 1.165) is 16.3 Å². The molecule has 2 saturated heterocycles. The lowest BCUT2D eigenvalue weighted by atomic mass is 10.1. The summed E-state index contributed by atoms with van der Waals surface area (Å²) in [4.78, 5) is 33.7. The number of benzene rings is 1. The summed E-state index contributed by atoms with van der Waals surface area (Å²) in [5.41, 5.74) is 0.697. The molecule has 1 aromatic carbocycles. The van der Waals surface area contributed by atoms with Crippen molar-refractivity contribution in [3.8, 4) is 0 Å². The number of carbonyl (C=O) groups excluding carboxylic acids is 2. The van der Waals surface area contributed by atoms with Crippen LogP contribution in [0, 0.1) is 0 Å². The number of rotatable bonds is 3. The lowest BCUT2D eigenvalue weighted by molar-refractivity contribution is -0.130. The van der Waals surface area contributed by atoms with E-state index in [0.29, 0.717) is 31.6 Å². The van der Waals surface area contributed by atoms with Crippen LogP contribution < -0.4 is 0 Å². The Labute approximate surface area is 151 Å². The fraction of sp³-hybridized carbons (Fsp3) is 0.316. The van der Waals surface area contributed by atoms with E-state index in [1.54, 1.807) is 18.0 Å². The first-order valence-corrected chi connectivity index (χ1v) is 9.30. The van der Waals surface area contributed by atoms with E-state index < -0.39 is 0 Å². The maximum Gasteiger partial charge on any atom is 0.253 e. The summed E-state index contributed by atoms with van der Waals surface area (Å²) in [6.45, 7) is 1.92. The van der Waals surface area contributed by atoms with Crippen LogP contribution in [0.3, 0.4) is 0 Å². The summed E-state index contributed by atoms with van der Waals surface area (Å²) >= 11 is 1.58. The Kier molecular flexibility index (Phi) is 4.44. The number of piperazine rings is 1. The summed E-state index contributed by atoms with van der Waals surface area (Å²) in [6, 6.07) is 13.7. The normalized spacial score (nSPS) is 19.8. The molecule has 2 aromatic rings. The van der Waals surface area contributed by atoms with Crippen LogP contribution in [-0.2, 0) is 4.79 Å². The van der Waals surface area contributed by atoms with Crippen LogP contribution >= 0.6 is 11.8 Å². The van der Waals surface area contributed by atoms with Crippen molar-refractivity contribution < 1.29 is 9.59 Å². The largest absolute Gasteiger partial charge is 0.336 e. The van der Waals surface area contributed by atoms with Gasteiger partial charge in [-0.25, -0.2) is 4.98 Å². The zero-order valence-electron chi connectivity index (χ0n) is 13.8. The molecule has 0 N–H and O–H groups in total. The fourth-order valence-electron chi connectivity index (χ4n) is 3.43. The highest BCUT2D eigenvalue weighted by Crippen LogP contribution is 2.27. The van der Waals surface area contributed by atoms with Gasteiger partial charge in [0.1, 0.15) is 5.03 Å². The van der Waals surface area contributed by atoms with Crippen molar-refractivity contribution in [3.63, 3.8) is 0 Å². The molecule has 2 fully saturated rings. The molecule has 0 spiro atoms. The van der Waals surface area contributed by atoms with E-state index in [4.69, 9.17) is 0 Å². The van der Waals surface area contributed by atoms with Crippen LogP contribution in [0.15, 0.2) is 58.6 Å². The Morgan fingerprint density at radius 3 is 2.72 bits per heavy atom. The molecule has 3 heterocycles. The maximum atomic E-state index is 12.7. The van der Waals surface area contributed by atoms with Gasteiger partial charge in [-0.1, -0.05) is 17.8 Å². The van der Waals surface area contributed by atoms with Gasteiger partial charge in [-0.3, -0.25) is 9.59 Å². The molecule has 128 valence electrons. The number of hydrogen-bond acceptors (Lipinski definition) is 4. The topological polar surface area (TPSA) is 53.5 Å².